The van der Waals surface area contributed by atoms with Crippen LogP contribution in [0.25, 0.3) is 0 Å². The fourth-order valence-corrected chi connectivity index (χ4v) is 1.49. The number of rotatable bonds is 5. The van der Waals surface area contributed by atoms with Crippen LogP contribution in [0.1, 0.15) is 13.3 Å². The minimum Gasteiger partial charge on any atom is -0.480 e. The lowest BCUT2D eigenvalue weighted by Crippen LogP contribution is -2.39. The molecule has 0 aromatic heterocycles. The Balaban J connectivity index is 2.84. The third kappa shape index (κ3) is 4.20. The van der Waals surface area contributed by atoms with E-state index >= 15 is 0 Å². The summed E-state index contributed by atoms with van der Waals surface area (Å²) < 4.78 is 26.7. The molecule has 19 heavy (non-hydrogen) atoms. The smallest absolute Gasteiger partial charge is 0.323 e. The second-order valence-corrected chi connectivity index (χ2v) is 3.84. The molecule has 0 aliphatic rings. The third-order valence-electron chi connectivity index (χ3n) is 2.30. The van der Waals surface area contributed by atoms with E-state index in [1.807, 2.05) is 5.32 Å². The molecule has 0 unspecified atom stereocenters. The molecular formula is C12H14F2N2O3. The van der Waals surface area contributed by atoms with Crippen molar-refractivity contribution in [1.82, 2.24) is 4.90 Å². The lowest BCUT2D eigenvalue weighted by atomic mass is 10.3. The standard InChI is InChI=1S/C12H14F2N2O3/c1-2-6-16(7-10(17)18)12(19)15-11-8(13)4-3-5-9(11)14/h3-5H,2,6-7H2,1H3,(H,15,19)(H,17,18). The highest BCUT2D eigenvalue weighted by Crippen LogP contribution is 2.18. The van der Waals surface area contributed by atoms with E-state index in [1.165, 1.54) is 6.07 Å². The van der Waals surface area contributed by atoms with Gasteiger partial charge in [0.05, 0.1) is 0 Å². The largest absolute Gasteiger partial charge is 0.480 e. The summed E-state index contributed by atoms with van der Waals surface area (Å²) >= 11 is 0. The summed E-state index contributed by atoms with van der Waals surface area (Å²) in [6.45, 7) is 1.40. The number of carboxylic acid groups (broad SMARTS) is 1. The van der Waals surface area contributed by atoms with Gasteiger partial charge < -0.3 is 15.3 Å². The van der Waals surface area contributed by atoms with Crippen LogP contribution in [-0.4, -0.2) is 35.1 Å². The number of para-hydroxylation sites is 1. The summed E-state index contributed by atoms with van der Waals surface area (Å²) in [7, 11) is 0. The van der Waals surface area contributed by atoms with Gasteiger partial charge in [0, 0.05) is 6.54 Å². The summed E-state index contributed by atoms with van der Waals surface area (Å²) in [5, 5.41) is 10.7. The van der Waals surface area contributed by atoms with Crippen molar-refractivity contribution in [2.75, 3.05) is 18.4 Å². The monoisotopic (exact) mass is 272 g/mol. The third-order valence-corrected chi connectivity index (χ3v) is 2.30. The molecule has 1 aromatic rings. The van der Waals surface area contributed by atoms with E-state index in [-0.39, 0.29) is 6.54 Å². The molecule has 2 N–H and O–H groups in total. The molecule has 1 rings (SSSR count). The lowest BCUT2D eigenvalue weighted by Gasteiger charge is -2.20. The molecular weight excluding hydrogens is 258 g/mol. The van der Waals surface area contributed by atoms with E-state index < -0.39 is 35.9 Å². The Morgan fingerprint density at radius 2 is 1.89 bits per heavy atom. The van der Waals surface area contributed by atoms with Crippen LogP contribution >= 0.6 is 0 Å². The summed E-state index contributed by atoms with van der Waals surface area (Å²) in [5.41, 5.74) is -0.584. The number of halogens is 2. The number of benzene rings is 1. The molecule has 0 atom stereocenters. The van der Waals surface area contributed by atoms with Gasteiger partial charge in [0.2, 0.25) is 0 Å². The average molecular weight is 272 g/mol. The van der Waals surface area contributed by atoms with Crippen LogP contribution in [-0.2, 0) is 4.79 Å². The summed E-state index contributed by atoms with van der Waals surface area (Å²) in [5.74, 6) is -3.03. The highest BCUT2D eigenvalue weighted by Gasteiger charge is 2.19. The number of carbonyl (C=O) groups excluding carboxylic acids is 1. The van der Waals surface area contributed by atoms with Crippen LogP contribution in [0.4, 0.5) is 19.3 Å². The fourth-order valence-electron chi connectivity index (χ4n) is 1.49. The van der Waals surface area contributed by atoms with Crippen LogP contribution in [0.3, 0.4) is 0 Å². The zero-order chi connectivity index (χ0) is 14.4. The molecule has 0 heterocycles. The second-order valence-electron chi connectivity index (χ2n) is 3.84. The number of nitrogens with zero attached hydrogens (tertiary/aromatic N) is 1. The zero-order valence-electron chi connectivity index (χ0n) is 10.3. The number of aliphatic carboxylic acids is 1. The number of anilines is 1. The highest BCUT2D eigenvalue weighted by atomic mass is 19.1. The molecule has 0 fully saturated rings. The molecule has 0 bridgehead atoms. The van der Waals surface area contributed by atoms with E-state index in [0.29, 0.717) is 6.42 Å². The van der Waals surface area contributed by atoms with Crippen molar-refractivity contribution in [2.45, 2.75) is 13.3 Å². The Labute approximate surface area is 108 Å². The number of urea groups is 1. The second kappa shape index (κ2) is 6.67. The molecule has 104 valence electrons. The van der Waals surface area contributed by atoms with Gasteiger partial charge in [-0.2, -0.15) is 0 Å². The molecule has 2 amide bonds. The molecule has 5 nitrogen and oxygen atoms in total. The van der Waals surface area contributed by atoms with Crippen molar-refractivity contribution in [3.8, 4) is 0 Å². The quantitative estimate of drug-likeness (QED) is 0.864. The number of hydrogen-bond acceptors (Lipinski definition) is 2. The lowest BCUT2D eigenvalue weighted by molar-refractivity contribution is -0.137. The van der Waals surface area contributed by atoms with Crippen molar-refractivity contribution in [3.63, 3.8) is 0 Å². The van der Waals surface area contributed by atoms with Gasteiger partial charge in [-0.25, -0.2) is 13.6 Å². The number of carboxylic acids is 1. The SMILES string of the molecule is CCCN(CC(=O)O)C(=O)Nc1c(F)cccc1F. The maximum Gasteiger partial charge on any atom is 0.323 e. The van der Waals surface area contributed by atoms with Crippen molar-refractivity contribution < 1.29 is 23.5 Å². The molecule has 0 spiro atoms. The number of carbonyl (C=O) groups is 2. The fraction of sp³-hybridized carbons (Fsp3) is 0.333. The highest BCUT2D eigenvalue weighted by molar-refractivity contribution is 5.91. The first-order valence-electron chi connectivity index (χ1n) is 5.67. The van der Waals surface area contributed by atoms with E-state index in [9.17, 15) is 18.4 Å². The Bertz CT molecular complexity index is 460. The van der Waals surface area contributed by atoms with Crippen LogP contribution in [0.5, 0.6) is 0 Å². The zero-order valence-corrected chi connectivity index (χ0v) is 10.3. The van der Waals surface area contributed by atoms with Crippen molar-refractivity contribution in [1.29, 1.82) is 0 Å². The number of amides is 2. The van der Waals surface area contributed by atoms with Crippen LogP contribution < -0.4 is 5.32 Å². The molecule has 0 aliphatic heterocycles. The van der Waals surface area contributed by atoms with Gasteiger partial charge in [-0.05, 0) is 18.6 Å². The maximum absolute atomic E-state index is 13.3. The van der Waals surface area contributed by atoms with Crippen LogP contribution in [0.15, 0.2) is 18.2 Å². The minimum atomic E-state index is -1.20. The van der Waals surface area contributed by atoms with Crippen LogP contribution in [0, 0.1) is 11.6 Å². The molecule has 0 saturated heterocycles. The van der Waals surface area contributed by atoms with Gasteiger partial charge in [-0.15, -0.1) is 0 Å². The normalized spacial score (nSPS) is 10.1. The predicted octanol–water partition coefficient (Wildman–Crippen LogP) is 2.29. The predicted molar refractivity (Wildman–Crippen MR) is 64.9 cm³/mol. The molecule has 0 radical (unpaired) electrons. The molecule has 0 aliphatic carbocycles. The molecule has 0 saturated carbocycles. The van der Waals surface area contributed by atoms with Gasteiger partial charge in [0.1, 0.15) is 23.9 Å². The summed E-state index contributed by atoms with van der Waals surface area (Å²) in [6.07, 6.45) is 0.528. The first-order chi connectivity index (χ1) is 8.95. The Kier molecular flexibility index (Phi) is 5.23. The minimum absolute atomic E-state index is 0.175. The maximum atomic E-state index is 13.3. The van der Waals surface area contributed by atoms with E-state index in [1.54, 1.807) is 6.92 Å². The molecule has 1 aromatic carbocycles. The summed E-state index contributed by atoms with van der Waals surface area (Å²) in [6, 6.07) is 2.31. The van der Waals surface area contributed by atoms with Crippen molar-refractivity contribution in [2.24, 2.45) is 0 Å². The van der Waals surface area contributed by atoms with Crippen molar-refractivity contribution in [3.05, 3.63) is 29.8 Å². The first-order valence-corrected chi connectivity index (χ1v) is 5.67. The Hall–Kier alpha value is -2.18. The molecule has 7 heteroatoms. The van der Waals surface area contributed by atoms with Gasteiger partial charge >= 0.3 is 12.0 Å². The Morgan fingerprint density at radius 1 is 1.32 bits per heavy atom. The first kappa shape index (κ1) is 14.9. The van der Waals surface area contributed by atoms with E-state index in [0.717, 1.165) is 17.0 Å². The number of nitrogens with one attached hydrogen (secondary N) is 1. The van der Waals surface area contributed by atoms with Crippen LogP contribution in [0.2, 0.25) is 0 Å². The number of hydrogen-bond donors (Lipinski definition) is 2. The van der Waals surface area contributed by atoms with Gasteiger partial charge in [-0.1, -0.05) is 13.0 Å². The van der Waals surface area contributed by atoms with Gasteiger partial charge in [0.15, 0.2) is 0 Å². The topological polar surface area (TPSA) is 69.6 Å². The average Bonchev–Trinajstić information content (AvgIpc) is 2.32. The summed E-state index contributed by atoms with van der Waals surface area (Å²) in [4.78, 5) is 23.3. The van der Waals surface area contributed by atoms with Crippen molar-refractivity contribution >= 4 is 17.7 Å². The van der Waals surface area contributed by atoms with E-state index in [2.05, 4.69) is 0 Å². The van der Waals surface area contributed by atoms with E-state index in [4.69, 9.17) is 5.11 Å². The van der Waals surface area contributed by atoms with Gasteiger partial charge in [-0.3, -0.25) is 4.79 Å². The van der Waals surface area contributed by atoms with Gasteiger partial charge in [0.25, 0.3) is 0 Å². The Morgan fingerprint density at radius 3 is 2.37 bits per heavy atom.